The van der Waals surface area contributed by atoms with Crippen LogP contribution in [-0.4, -0.2) is 18.3 Å². The largest absolute Gasteiger partial charge is 0.493 e. The Kier molecular flexibility index (Phi) is 2.23. The highest BCUT2D eigenvalue weighted by atomic mass is 16.5. The second-order valence-electron chi connectivity index (χ2n) is 3.51. The molecule has 0 bridgehead atoms. The summed E-state index contributed by atoms with van der Waals surface area (Å²) in [7, 11) is 0. The molecule has 1 unspecified atom stereocenters. The van der Waals surface area contributed by atoms with Gasteiger partial charge in [-0.05, 0) is 11.6 Å². The molecule has 2 nitrogen and oxygen atoms in total. The van der Waals surface area contributed by atoms with Crippen molar-refractivity contribution in [2.75, 3.05) is 13.2 Å². The van der Waals surface area contributed by atoms with E-state index >= 15 is 0 Å². The van der Waals surface area contributed by atoms with Crippen molar-refractivity contribution in [3.05, 3.63) is 29.3 Å². The van der Waals surface area contributed by atoms with Gasteiger partial charge in [-0.1, -0.05) is 19.1 Å². The first-order valence-electron chi connectivity index (χ1n) is 4.68. The van der Waals surface area contributed by atoms with E-state index in [2.05, 4.69) is 6.07 Å². The lowest BCUT2D eigenvalue weighted by atomic mass is 9.95. The quantitative estimate of drug-likeness (QED) is 0.747. The van der Waals surface area contributed by atoms with Crippen molar-refractivity contribution in [2.24, 2.45) is 0 Å². The SMILES string of the molecule is CC(CO)c1cccc2c1CCO2. The van der Waals surface area contributed by atoms with Crippen LogP contribution in [0, 0.1) is 0 Å². The summed E-state index contributed by atoms with van der Waals surface area (Å²) in [6, 6.07) is 6.07. The predicted octanol–water partition coefficient (Wildman–Crippen LogP) is 1.72. The Morgan fingerprint density at radius 2 is 2.38 bits per heavy atom. The molecule has 2 heteroatoms. The smallest absolute Gasteiger partial charge is 0.122 e. The fourth-order valence-electron chi connectivity index (χ4n) is 1.81. The minimum absolute atomic E-state index is 0.205. The fraction of sp³-hybridized carbons (Fsp3) is 0.455. The summed E-state index contributed by atoms with van der Waals surface area (Å²) in [5.41, 5.74) is 2.52. The van der Waals surface area contributed by atoms with Crippen molar-refractivity contribution in [1.82, 2.24) is 0 Å². The van der Waals surface area contributed by atoms with Crippen molar-refractivity contribution in [2.45, 2.75) is 19.3 Å². The maximum absolute atomic E-state index is 9.08. The van der Waals surface area contributed by atoms with Gasteiger partial charge >= 0.3 is 0 Å². The fourth-order valence-corrected chi connectivity index (χ4v) is 1.81. The summed E-state index contributed by atoms with van der Waals surface area (Å²) in [5.74, 6) is 1.22. The monoisotopic (exact) mass is 178 g/mol. The topological polar surface area (TPSA) is 29.5 Å². The molecular weight excluding hydrogens is 164 g/mol. The third-order valence-corrected chi connectivity index (χ3v) is 2.58. The van der Waals surface area contributed by atoms with Crippen LogP contribution in [0.2, 0.25) is 0 Å². The van der Waals surface area contributed by atoms with E-state index in [1.165, 1.54) is 11.1 Å². The van der Waals surface area contributed by atoms with Crippen LogP contribution in [0.25, 0.3) is 0 Å². The van der Waals surface area contributed by atoms with Gasteiger partial charge < -0.3 is 9.84 Å². The molecule has 1 atom stereocenters. The predicted molar refractivity (Wildman–Crippen MR) is 51.1 cm³/mol. The Balaban J connectivity index is 2.41. The van der Waals surface area contributed by atoms with E-state index in [4.69, 9.17) is 9.84 Å². The van der Waals surface area contributed by atoms with Crippen LogP contribution in [-0.2, 0) is 6.42 Å². The lowest BCUT2D eigenvalue weighted by Crippen LogP contribution is -2.01. The van der Waals surface area contributed by atoms with Crippen LogP contribution < -0.4 is 4.74 Å². The van der Waals surface area contributed by atoms with Crippen molar-refractivity contribution in [3.8, 4) is 5.75 Å². The minimum atomic E-state index is 0.205. The molecule has 0 saturated heterocycles. The van der Waals surface area contributed by atoms with Gasteiger partial charge in [-0.2, -0.15) is 0 Å². The van der Waals surface area contributed by atoms with E-state index < -0.39 is 0 Å². The van der Waals surface area contributed by atoms with Crippen LogP contribution in [0.15, 0.2) is 18.2 Å². The summed E-state index contributed by atoms with van der Waals surface area (Å²) in [4.78, 5) is 0. The van der Waals surface area contributed by atoms with E-state index in [1.807, 2.05) is 19.1 Å². The Morgan fingerprint density at radius 3 is 3.15 bits per heavy atom. The second-order valence-corrected chi connectivity index (χ2v) is 3.51. The van der Waals surface area contributed by atoms with Gasteiger partial charge in [-0.25, -0.2) is 0 Å². The lowest BCUT2D eigenvalue weighted by Gasteiger charge is -2.11. The van der Waals surface area contributed by atoms with Crippen molar-refractivity contribution >= 4 is 0 Å². The summed E-state index contributed by atoms with van der Waals surface area (Å²) < 4.78 is 5.45. The zero-order chi connectivity index (χ0) is 9.26. The zero-order valence-electron chi connectivity index (χ0n) is 7.79. The first-order valence-corrected chi connectivity index (χ1v) is 4.68. The molecule has 0 radical (unpaired) electrons. The normalized spacial score (nSPS) is 16.5. The molecule has 1 N–H and O–H groups in total. The molecule has 0 amide bonds. The van der Waals surface area contributed by atoms with Crippen molar-refractivity contribution < 1.29 is 9.84 Å². The van der Waals surface area contributed by atoms with Gasteiger partial charge in [0.05, 0.1) is 6.61 Å². The van der Waals surface area contributed by atoms with Gasteiger partial charge in [-0.3, -0.25) is 0 Å². The highest BCUT2D eigenvalue weighted by Gasteiger charge is 2.18. The first kappa shape index (κ1) is 8.57. The van der Waals surface area contributed by atoms with Crippen LogP contribution in [0.3, 0.4) is 0 Å². The Labute approximate surface area is 78.2 Å². The molecule has 13 heavy (non-hydrogen) atoms. The number of ether oxygens (including phenoxy) is 1. The third-order valence-electron chi connectivity index (χ3n) is 2.58. The van der Waals surface area contributed by atoms with Gasteiger partial charge in [0.1, 0.15) is 5.75 Å². The molecule has 1 aromatic rings. The van der Waals surface area contributed by atoms with E-state index in [0.29, 0.717) is 0 Å². The van der Waals surface area contributed by atoms with E-state index in [-0.39, 0.29) is 12.5 Å². The lowest BCUT2D eigenvalue weighted by molar-refractivity contribution is 0.272. The van der Waals surface area contributed by atoms with Crippen LogP contribution in [0.5, 0.6) is 5.75 Å². The van der Waals surface area contributed by atoms with Crippen LogP contribution in [0.1, 0.15) is 24.0 Å². The molecule has 0 spiro atoms. The highest BCUT2D eigenvalue weighted by molar-refractivity contribution is 5.44. The molecule has 0 aliphatic carbocycles. The van der Waals surface area contributed by atoms with Crippen molar-refractivity contribution in [3.63, 3.8) is 0 Å². The molecule has 0 fully saturated rings. The summed E-state index contributed by atoms with van der Waals surface area (Å²) >= 11 is 0. The van der Waals surface area contributed by atoms with Gasteiger partial charge in [0.2, 0.25) is 0 Å². The molecule has 0 aromatic heterocycles. The molecule has 70 valence electrons. The standard InChI is InChI=1S/C11H14O2/c1-8(7-12)9-3-2-4-11-10(9)5-6-13-11/h2-4,8,12H,5-7H2,1H3. The summed E-state index contributed by atoms with van der Waals surface area (Å²) in [6.45, 7) is 3.02. The average molecular weight is 178 g/mol. The first-order chi connectivity index (χ1) is 6.33. The van der Waals surface area contributed by atoms with Crippen LogP contribution in [0.4, 0.5) is 0 Å². The second kappa shape index (κ2) is 3.38. The van der Waals surface area contributed by atoms with E-state index in [0.717, 1.165) is 18.8 Å². The van der Waals surface area contributed by atoms with Crippen molar-refractivity contribution in [1.29, 1.82) is 0 Å². The Hall–Kier alpha value is -1.02. The number of rotatable bonds is 2. The Morgan fingerprint density at radius 1 is 1.54 bits per heavy atom. The molecule has 1 heterocycles. The van der Waals surface area contributed by atoms with Gasteiger partial charge in [0.15, 0.2) is 0 Å². The molecule has 1 aromatic carbocycles. The maximum Gasteiger partial charge on any atom is 0.122 e. The van der Waals surface area contributed by atoms with Crippen LogP contribution >= 0.6 is 0 Å². The number of fused-ring (bicyclic) bond motifs is 1. The van der Waals surface area contributed by atoms with E-state index in [9.17, 15) is 0 Å². The molecule has 0 saturated carbocycles. The summed E-state index contributed by atoms with van der Waals surface area (Å²) in [5, 5.41) is 9.08. The number of aliphatic hydroxyl groups excluding tert-OH is 1. The number of hydrogen-bond acceptors (Lipinski definition) is 2. The number of benzene rings is 1. The average Bonchev–Trinajstić information content (AvgIpc) is 2.63. The van der Waals surface area contributed by atoms with Gasteiger partial charge in [0.25, 0.3) is 0 Å². The molecule has 1 aliphatic rings. The van der Waals surface area contributed by atoms with Gasteiger partial charge in [0, 0.05) is 24.5 Å². The maximum atomic E-state index is 9.08. The number of aliphatic hydroxyl groups is 1. The Bertz CT molecular complexity index is 307. The molecular formula is C11H14O2. The minimum Gasteiger partial charge on any atom is -0.493 e. The zero-order valence-corrected chi connectivity index (χ0v) is 7.79. The third kappa shape index (κ3) is 1.42. The summed E-state index contributed by atoms with van der Waals surface area (Å²) in [6.07, 6.45) is 0.982. The molecule has 1 aliphatic heterocycles. The number of hydrogen-bond donors (Lipinski definition) is 1. The highest BCUT2D eigenvalue weighted by Crippen LogP contribution is 2.31. The molecule has 2 rings (SSSR count). The van der Waals surface area contributed by atoms with E-state index in [1.54, 1.807) is 0 Å². The van der Waals surface area contributed by atoms with Gasteiger partial charge in [-0.15, -0.1) is 0 Å².